The van der Waals surface area contributed by atoms with Crippen LogP contribution in [0.25, 0.3) is 76.5 Å². The van der Waals surface area contributed by atoms with Gasteiger partial charge in [-0.25, -0.2) is 0 Å². The third-order valence-electron chi connectivity index (χ3n) is 9.67. The normalized spacial score (nSPS) is 12.4. The molecule has 0 saturated heterocycles. The largest absolute Gasteiger partial charge is 0.0877 e. The molecule has 9 aromatic carbocycles. The number of rotatable bonds is 3. The first-order valence-corrected chi connectivity index (χ1v) is 18.0. The summed E-state index contributed by atoms with van der Waals surface area (Å²) in [5.74, 6) is 0. The molecule has 0 saturated carbocycles. The summed E-state index contributed by atoms with van der Waals surface area (Å²) in [4.78, 5) is 5.31. The summed E-state index contributed by atoms with van der Waals surface area (Å²) in [6.07, 6.45) is 0. The molecule has 0 spiro atoms. The molecule has 0 atom stereocenters. The van der Waals surface area contributed by atoms with Crippen LogP contribution in [0, 0.1) is 0 Å². The fourth-order valence-corrected chi connectivity index (χ4v) is 9.83. The van der Waals surface area contributed by atoms with Crippen LogP contribution < -0.4 is 0 Å². The van der Waals surface area contributed by atoms with Crippen LogP contribution in [0.1, 0.15) is 0 Å². The molecule has 1 heterocycles. The summed E-state index contributed by atoms with van der Waals surface area (Å²) in [6.45, 7) is 0. The molecule has 0 nitrogen and oxygen atoms in total. The zero-order chi connectivity index (χ0) is 31.6. The van der Waals surface area contributed by atoms with E-state index >= 15 is 0 Å². The van der Waals surface area contributed by atoms with Gasteiger partial charge in [0, 0.05) is 19.6 Å². The van der Waals surface area contributed by atoms with Gasteiger partial charge in [-0.15, -0.1) is 0 Å². The molecule has 48 heavy (non-hydrogen) atoms. The highest BCUT2D eigenvalue weighted by atomic mass is 32.2. The molecule has 224 valence electrons. The van der Waals surface area contributed by atoms with E-state index in [4.69, 9.17) is 0 Å². The Labute approximate surface area is 288 Å². The maximum Gasteiger partial charge on any atom is 0.0340 e. The first-order chi connectivity index (χ1) is 23.8. The zero-order valence-electron chi connectivity index (χ0n) is 26.0. The summed E-state index contributed by atoms with van der Waals surface area (Å²) in [5, 5.41) is 10.1. The lowest BCUT2D eigenvalue weighted by molar-refractivity contribution is 1.16. The van der Waals surface area contributed by atoms with Gasteiger partial charge >= 0.3 is 0 Å². The lowest BCUT2D eigenvalue weighted by atomic mass is 9.84. The number of hydrogen-bond acceptors (Lipinski definition) is 2. The Hall–Kier alpha value is -5.28. The molecule has 0 aromatic heterocycles. The minimum atomic E-state index is 1.24. The number of hydrogen-bond donors (Lipinski definition) is 0. The smallest absolute Gasteiger partial charge is 0.0340 e. The van der Waals surface area contributed by atoms with Crippen LogP contribution in [0.15, 0.2) is 189 Å². The van der Waals surface area contributed by atoms with E-state index in [0.29, 0.717) is 0 Å². The molecule has 2 heteroatoms. The van der Waals surface area contributed by atoms with Crippen LogP contribution in [0.4, 0.5) is 0 Å². The van der Waals surface area contributed by atoms with E-state index < -0.39 is 0 Å². The van der Waals surface area contributed by atoms with E-state index in [1.165, 1.54) is 96.1 Å². The van der Waals surface area contributed by atoms with Gasteiger partial charge in [0.15, 0.2) is 0 Å². The van der Waals surface area contributed by atoms with Gasteiger partial charge in [-0.05, 0) is 113 Å². The van der Waals surface area contributed by atoms with Crippen molar-refractivity contribution in [3.8, 4) is 33.4 Å². The third kappa shape index (κ3) is 4.48. The van der Waals surface area contributed by atoms with Crippen molar-refractivity contribution >= 4 is 66.6 Å². The maximum absolute atomic E-state index is 2.46. The van der Waals surface area contributed by atoms with E-state index in [-0.39, 0.29) is 0 Å². The van der Waals surface area contributed by atoms with Crippen LogP contribution >= 0.6 is 23.5 Å². The van der Waals surface area contributed by atoms with Crippen molar-refractivity contribution in [3.05, 3.63) is 170 Å². The van der Waals surface area contributed by atoms with Gasteiger partial charge < -0.3 is 0 Å². The van der Waals surface area contributed by atoms with Crippen molar-refractivity contribution in [3.63, 3.8) is 0 Å². The molecule has 0 N–H and O–H groups in total. The molecule has 0 radical (unpaired) electrons. The molecular weight excluding hydrogens is 617 g/mol. The van der Waals surface area contributed by atoms with E-state index in [9.17, 15) is 0 Å². The maximum atomic E-state index is 2.46. The van der Waals surface area contributed by atoms with Gasteiger partial charge in [-0.3, -0.25) is 0 Å². The summed E-state index contributed by atoms with van der Waals surface area (Å²) in [5.41, 5.74) is 7.59. The molecule has 0 aliphatic carbocycles. The van der Waals surface area contributed by atoms with E-state index in [2.05, 4.69) is 170 Å². The van der Waals surface area contributed by atoms with Gasteiger partial charge in [0.2, 0.25) is 0 Å². The Balaban J connectivity index is 1.28. The molecule has 0 amide bonds. The van der Waals surface area contributed by atoms with Crippen LogP contribution in [0.2, 0.25) is 0 Å². The molecule has 0 unspecified atom stereocenters. The first kappa shape index (κ1) is 27.8. The second-order valence-electron chi connectivity index (χ2n) is 12.5. The van der Waals surface area contributed by atoms with Gasteiger partial charge in [0.25, 0.3) is 0 Å². The van der Waals surface area contributed by atoms with Gasteiger partial charge in [0.05, 0.1) is 0 Å². The molecule has 9 aromatic rings. The van der Waals surface area contributed by atoms with Crippen molar-refractivity contribution in [1.82, 2.24) is 0 Å². The summed E-state index contributed by atoms with van der Waals surface area (Å²) < 4.78 is 0. The Kier molecular flexibility index (Phi) is 6.46. The molecule has 0 bridgehead atoms. The Morgan fingerprint density at radius 1 is 0.292 bits per heavy atom. The van der Waals surface area contributed by atoms with Crippen LogP contribution in [0.3, 0.4) is 0 Å². The SMILES string of the molecule is c1ccc2c(c1)Sc1cccc(-c3ccc4c(-c5ccc6ccccc6c5)c5ccccc5c(-c5ccc6ccccc6c5)c4c3)c1S2. The van der Waals surface area contributed by atoms with Crippen LogP contribution in [-0.4, -0.2) is 0 Å². The van der Waals surface area contributed by atoms with Crippen molar-refractivity contribution in [2.24, 2.45) is 0 Å². The summed E-state index contributed by atoms with van der Waals surface area (Å²) in [7, 11) is 0. The Morgan fingerprint density at radius 3 is 1.46 bits per heavy atom. The first-order valence-electron chi connectivity index (χ1n) is 16.3. The number of fused-ring (bicyclic) bond motifs is 6. The van der Waals surface area contributed by atoms with Crippen LogP contribution in [0.5, 0.6) is 0 Å². The van der Waals surface area contributed by atoms with E-state index in [1.54, 1.807) is 0 Å². The lowest BCUT2D eigenvalue weighted by Gasteiger charge is -2.22. The third-order valence-corrected chi connectivity index (χ3v) is 12.3. The fraction of sp³-hybridized carbons (Fsp3) is 0. The van der Waals surface area contributed by atoms with Crippen molar-refractivity contribution < 1.29 is 0 Å². The van der Waals surface area contributed by atoms with Crippen molar-refractivity contribution in [2.75, 3.05) is 0 Å². The minimum Gasteiger partial charge on any atom is -0.0877 e. The average molecular weight is 645 g/mol. The van der Waals surface area contributed by atoms with Gasteiger partial charge in [-0.2, -0.15) is 0 Å². The standard InChI is InChI=1S/C46H28S2/c1-3-12-31-26-34(22-20-29(31)10-1)44-37-14-5-6-15-38(37)45(35-23-21-30-11-2-4-13-32(30)27-35)40-28-33(24-25-39(40)44)36-16-9-19-43-46(36)48-42-18-8-7-17-41(42)47-43/h1-28H. The molecule has 10 rings (SSSR count). The van der Waals surface area contributed by atoms with Gasteiger partial charge in [-0.1, -0.05) is 157 Å². The number of benzene rings is 9. The molecule has 1 aliphatic heterocycles. The predicted molar refractivity (Wildman–Crippen MR) is 207 cm³/mol. The summed E-state index contributed by atoms with van der Waals surface area (Å²) >= 11 is 3.77. The van der Waals surface area contributed by atoms with E-state index in [0.717, 1.165) is 0 Å². The highest BCUT2D eigenvalue weighted by Gasteiger charge is 2.22. The van der Waals surface area contributed by atoms with Gasteiger partial charge in [0.1, 0.15) is 0 Å². The zero-order valence-corrected chi connectivity index (χ0v) is 27.6. The highest BCUT2D eigenvalue weighted by molar-refractivity contribution is 8.05. The fourth-order valence-electron chi connectivity index (χ4n) is 7.43. The lowest BCUT2D eigenvalue weighted by Crippen LogP contribution is -1.94. The summed E-state index contributed by atoms with van der Waals surface area (Å²) in [6, 6.07) is 62.9. The predicted octanol–water partition coefficient (Wildman–Crippen LogP) is 13.9. The molecular formula is C46H28S2. The molecule has 1 aliphatic rings. The average Bonchev–Trinajstić information content (AvgIpc) is 3.15. The Morgan fingerprint density at radius 2 is 0.792 bits per heavy atom. The van der Waals surface area contributed by atoms with Crippen molar-refractivity contribution in [2.45, 2.75) is 19.6 Å². The van der Waals surface area contributed by atoms with Crippen LogP contribution in [-0.2, 0) is 0 Å². The topological polar surface area (TPSA) is 0 Å². The quantitative estimate of drug-likeness (QED) is 0.176. The molecule has 0 fully saturated rings. The second kappa shape index (κ2) is 11.2. The Bertz CT molecular complexity index is 2740. The minimum absolute atomic E-state index is 1.24. The second-order valence-corrected chi connectivity index (χ2v) is 14.6. The van der Waals surface area contributed by atoms with Crippen molar-refractivity contribution in [1.29, 1.82) is 0 Å². The van der Waals surface area contributed by atoms with E-state index in [1.807, 2.05) is 23.5 Å². The monoisotopic (exact) mass is 644 g/mol. The highest BCUT2D eigenvalue weighted by Crippen LogP contribution is 2.52.